The summed E-state index contributed by atoms with van der Waals surface area (Å²) in [5.41, 5.74) is 1.28. The van der Waals surface area contributed by atoms with E-state index in [9.17, 15) is 4.39 Å². The van der Waals surface area contributed by atoms with Gasteiger partial charge in [-0.05, 0) is 55.5 Å². The van der Waals surface area contributed by atoms with E-state index >= 15 is 0 Å². The Morgan fingerprint density at radius 2 is 1.38 bits per heavy atom. The number of hydrogen-bond donors (Lipinski definition) is 0. The molecule has 0 bridgehead atoms. The number of benzene rings is 3. The first-order chi connectivity index (χ1) is 12.7. The largest absolute Gasteiger partial charge is 0.465 e. The molecule has 3 nitrogen and oxygen atoms in total. The molecule has 0 saturated carbocycles. The number of ether oxygens (including phenoxy) is 2. The molecule has 0 spiro atoms. The van der Waals surface area contributed by atoms with Crippen molar-refractivity contribution in [1.29, 1.82) is 0 Å². The molecule has 0 unspecified atom stereocenters. The maximum Gasteiger partial charge on any atom is 0.225 e. The van der Waals surface area contributed by atoms with Gasteiger partial charge in [0.1, 0.15) is 17.3 Å². The minimum atomic E-state index is -0.311. The van der Waals surface area contributed by atoms with Crippen molar-refractivity contribution in [2.75, 3.05) is 0 Å². The monoisotopic (exact) mass is 347 g/mol. The summed E-state index contributed by atoms with van der Waals surface area (Å²) in [6.07, 6.45) is 1.58. The molecule has 0 atom stereocenters. The van der Waals surface area contributed by atoms with E-state index in [4.69, 9.17) is 9.47 Å². The van der Waals surface area contributed by atoms with Gasteiger partial charge in [-0.2, -0.15) is 0 Å². The van der Waals surface area contributed by atoms with Crippen LogP contribution in [0.15, 0.2) is 102 Å². The standard InChI is InChI=1S/C22H18FNO2/c1-17(16-25-20-8-4-2-5-9-20)22(26-21-10-6-3-7-11-21)24-19-14-12-18(23)13-15-19/h2-16H,1H3/b17-16+,24-22+. The van der Waals surface area contributed by atoms with E-state index in [2.05, 4.69) is 4.99 Å². The average molecular weight is 347 g/mol. The maximum absolute atomic E-state index is 13.1. The zero-order valence-corrected chi connectivity index (χ0v) is 14.3. The summed E-state index contributed by atoms with van der Waals surface area (Å²) in [6.45, 7) is 1.84. The molecular formula is C22H18FNO2. The predicted molar refractivity (Wildman–Crippen MR) is 101 cm³/mol. The van der Waals surface area contributed by atoms with Gasteiger partial charge < -0.3 is 9.47 Å². The van der Waals surface area contributed by atoms with Crippen molar-refractivity contribution in [2.24, 2.45) is 4.99 Å². The molecule has 0 heterocycles. The lowest BCUT2D eigenvalue weighted by Crippen LogP contribution is -2.10. The quantitative estimate of drug-likeness (QED) is 0.326. The lowest BCUT2D eigenvalue weighted by molar-refractivity contribution is 0.473. The second kappa shape index (κ2) is 8.62. The first-order valence-electron chi connectivity index (χ1n) is 8.17. The van der Waals surface area contributed by atoms with Gasteiger partial charge in [-0.3, -0.25) is 0 Å². The van der Waals surface area contributed by atoms with Crippen molar-refractivity contribution in [3.8, 4) is 11.5 Å². The van der Waals surface area contributed by atoms with Gasteiger partial charge in [-0.1, -0.05) is 36.4 Å². The van der Waals surface area contributed by atoms with Gasteiger partial charge in [-0.15, -0.1) is 0 Å². The summed E-state index contributed by atoms with van der Waals surface area (Å²) in [7, 11) is 0. The second-order valence-electron chi connectivity index (χ2n) is 5.54. The van der Waals surface area contributed by atoms with Crippen molar-refractivity contribution in [3.63, 3.8) is 0 Å². The van der Waals surface area contributed by atoms with E-state index in [0.29, 0.717) is 28.7 Å². The molecule has 130 valence electrons. The fourth-order valence-corrected chi connectivity index (χ4v) is 2.13. The highest BCUT2D eigenvalue weighted by Crippen LogP contribution is 2.18. The summed E-state index contributed by atoms with van der Waals surface area (Å²) in [6, 6.07) is 24.7. The predicted octanol–water partition coefficient (Wildman–Crippen LogP) is 5.92. The van der Waals surface area contributed by atoms with Crippen LogP contribution in [0.3, 0.4) is 0 Å². The van der Waals surface area contributed by atoms with Crippen molar-refractivity contribution >= 4 is 11.6 Å². The van der Waals surface area contributed by atoms with Crippen molar-refractivity contribution < 1.29 is 13.9 Å². The third-order valence-electron chi connectivity index (χ3n) is 3.47. The Morgan fingerprint density at radius 1 is 0.808 bits per heavy atom. The molecule has 0 aromatic heterocycles. The van der Waals surface area contributed by atoms with Crippen LogP contribution in [0, 0.1) is 5.82 Å². The zero-order valence-electron chi connectivity index (χ0n) is 14.3. The molecule has 0 amide bonds. The topological polar surface area (TPSA) is 30.8 Å². The van der Waals surface area contributed by atoms with Crippen LogP contribution in [-0.2, 0) is 0 Å². The fraction of sp³-hybridized carbons (Fsp3) is 0.0455. The molecule has 0 aliphatic carbocycles. The Labute approximate surface area is 152 Å². The fourth-order valence-electron chi connectivity index (χ4n) is 2.13. The minimum Gasteiger partial charge on any atom is -0.465 e. The molecule has 3 rings (SSSR count). The Balaban J connectivity index is 1.87. The van der Waals surface area contributed by atoms with Gasteiger partial charge in [0, 0.05) is 5.57 Å². The van der Waals surface area contributed by atoms with Crippen LogP contribution in [0.2, 0.25) is 0 Å². The SMILES string of the molecule is CC(=C\Oc1ccccc1)/C(=N\c1ccc(F)cc1)Oc1ccccc1. The molecule has 0 aliphatic heterocycles. The van der Waals surface area contributed by atoms with Gasteiger partial charge in [-0.25, -0.2) is 9.38 Å². The van der Waals surface area contributed by atoms with E-state index in [-0.39, 0.29) is 5.82 Å². The maximum atomic E-state index is 13.1. The Hall–Kier alpha value is -3.40. The highest BCUT2D eigenvalue weighted by Gasteiger charge is 2.08. The van der Waals surface area contributed by atoms with E-state index < -0.39 is 0 Å². The van der Waals surface area contributed by atoms with Crippen LogP contribution >= 0.6 is 0 Å². The molecule has 0 saturated heterocycles. The van der Waals surface area contributed by atoms with E-state index in [1.807, 2.05) is 67.6 Å². The van der Waals surface area contributed by atoms with Crippen LogP contribution < -0.4 is 9.47 Å². The third kappa shape index (κ3) is 5.05. The summed E-state index contributed by atoms with van der Waals surface area (Å²) < 4.78 is 24.7. The molecule has 0 radical (unpaired) electrons. The van der Waals surface area contributed by atoms with Crippen LogP contribution in [0.1, 0.15) is 6.92 Å². The summed E-state index contributed by atoms with van der Waals surface area (Å²) in [4.78, 5) is 4.49. The zero-order chi connectivity index (χ0) is 18.2. The number of aliphatic imine (C=N–C) groups is 1. The van der Waals surface area contributed by atoms with Crippen LogP contribution in [0.5, 0.6) is 11.5 Å². The number of halogens is 1. The summed E-state index contributed by atoms with van der Waals surface area (Å²) in [5, 5.41) is 0. The van der Waals surface area contributed by atoms with Crippen LogP contribution in [0.25, 0.3) is 0 Å². The Kier molecular flexibility index (Phi) is 5.78. The van der Waals surface area contributed by atoms with E-state index in [0.717, 1.165) is 0 Å². The first-order valence-corrected chi connectivity index (χ1v) is 8.17. The molecule has 4 heteroatoms. The number of nitrogens with zero attached hydrogens (tertiary/aromatic N) is 1. The van der Waals surface area contributed by atoms with E-state index in [1.165, 1.54) is 12.1 Å². The normalized spacial score (nSPS) is 11.9. The second-order valence-corrected chi connectivity index (χ2v) is 5.54. The van der Waals surface area contributed by atoms with Crippen LogP contribution in [-0.4, -0.2) is 5.90 Å². The van der Waals surface area contributed by atoms with Gasteiger partial charge in [0.05, 0.1) is 11.9 Å². The molecule has 3 aromatic rings. The number of hydrogen-bond acceptors (Lipinski definition) is 3. The molecule has 0 fully saturated rings. The van der Waals surface area contributed by atoms with Gasteiger partial charge in [0.2, 0.25) is 5.90 Å². The lowest BCUT2D eigenvalue weighted by atomic mass is 10.3. The summed E-state index contributed by atoms with van der Waals surface area (Å²) >= 11 is 0. The highest BCUT2D eigenvalue weighted by atomic mass is 19.1. The van der Waals surface area contributed by atoms with Gasteiger partial charge in [0.25, 0.3) is 0 Å². The molecular weight excluding hydrogens is 329 g/mol. The smallest absolute Gasteiger partial charge is 0.225 e. The van der Waals surface area contributed by atoms with Crippen LogP contribution in [0.4, 0.5) is 10.1 Å². The lowest BCUT2D eigenvalue weighted by Gasteiger charge is -2.10. The van der Waals surface area contributed by atoms with Crippen molar-refractivity contribution in [1.82, 2.24) is 0 Å². The number of rotatable bonds is 5. The average Bonchev–Trinajstić information content (AvgIpc) is 2.69. The molecule has 0 aliphatic rings. The van der Waals surface area contributed by atoms with Crippen molar-refractivity contribution in [2.45, 2.75) is 6.92 Å². The minimum absolute atomic E-state index is 0.311. The van der Waals surface area contributed by atoms with Gasteiger partial charge >= 0.3 is 0 Å². The molecule has 3 aromatic carbocycles. The molecule has 26 heavy (non-hydrogen) atoms. The first kappa shape index (κ1) is 17.4. The Bertz CT molecular complexity index is 888. The third-order valence-corrected chi connectivity index (χ3v) is 3.47. The number of para-hydroxylation sites is 2. The Morgan fingerprint density at radius 3 is 2.00 bits per heavy atom. The summed E-state index contributed by atoms with van der Waals surface area (Å²) in [5.74, 6) is 1.43. The van der Waals surface area contributed by atoms with E-state index in [1.54, 1.807) is 18.4 Å². The van der Waals surface area contributed by atoms with Gasteiger partial charge in [0.15, 0.2) is 0 Å². The van der Waals surface area contributed by atoms with Crippen molar-refractivity contribution in [3.05, 3.63) is 103 Å². The molecule has 0 N–H and O–H groups in total. The highest BCUT2D eigenvalue weighted by molar-refractivity contribution is 5.96.